The van der Waals surface area contributed by atoms with Crippen molar-refractivity contribution in [2.45, 2.75) is 24.1 Å². The number of aliphatic hydroxyl groups is 1. The number of azo groups is 1. The maximum atomic E-state index is 12.3. The number of rotatable bonds is 10. The number of nitrogens with one attached hydrogen (secondary N) is 1. The van der Waals surface area contributed by atoms with Crippen molar-refractivity contribution < 1.29 is 40.6 Å². The Hall–Kier alpha value is -3.28. The maximum Gasteiger partial charge on any atom is 0.397 e. The molecule has 2 aromatic carbocycles. The van der Waals surface area contributed by atoms with Crippen molar-refractivity contribution in [2.24, 2.45) is 15.3 Å². The Morgan fingerprint density at radius 1 is 1.11 bits per heavy atom. The molecule has 188 valence electrons. The zero-order valence-electron chi connectivity index (χ0n) is 18.1. The van der Waals surface area contributed by atoms with E-state index in [4.69, 9.17) is 9.66 Å². The lowest BCUT2D eigenvalue weighted by Gasteiger charge is -2.21. The third kappa shape index (κ3) is 6.87. The molecule has 14 nitrogen and oxygen atoms in total. The van der Waals surface area contributed by atoms with Crippen LogP contribution in [0.3, 0.4) is 0 Å². The minimum atomic E-state index is -4.67. The quantitative estimate of drug-likeness (QED) is 0.197. The summed E-state index contributed by atoms with van der Waals surface area (Å²) in [7, 11) is -8.65. The smallest absolute Gasteiger partial charge is 0.397 e. The lowest BCUT2D eigenvalue weighted by Crippen LogP contribution is -2.34. The predicted octanol–water partition coefficient (Wildman–Crippen LogP) is 1.15. The van der Waals surface area contributed by atoms with Crippen molar-refractivity contribution in [2.75, 3.05) is 18.2 Å². The number of hydrazone groups is 1. The number of aromatic carboxylic acids is 1. The fraction of sp³-hybridized carbons (Fsp3) is 0.263. The highest BCUT2D eigenvalue weighted by atomic mass is 32.3. The Morgan fingerprint density at radius 3 is 2.31 bits per heavy atom. The number of carboxylic acids is 1. The molecule has 16 heteroatoms. The molecule has 4 N–H and O–H groups in total. The maximum absolute atomic E-state index is 12.3. The van der Waals surface area contributed by atoms with Gasteiger partial charge in [0.25, 0.3) is 0 Å². The zero-order valence-corrected chi connectivity index (χ0v) is 19.7. The van der Waals surface area contributed by atoms with E-state index in [9.17, 15) is 26.7 Å². The minimum Gasteiger partial charge on any atom is -0.478 e. The monoisotopic (exact) mass is 527 g/mol. The number of anilines is 1. The number of nitrogens with zero attached hydrogens (tertiary/aromatic N) is 4. The van der Waals surface area contributed by atoms with Crippen LogP contribution in [0, 0.1) is 0 Å². The Morgan fingerprint density at radius 2 is 1.74 bits per heavy atom. The van der Waals surface area contributed by atoms with Gasteiger partial charge in [0.1, 0.15) is 6.10 Å². The summed E-state index contributed by atoms with van der Waals surface area (Å²) in [6.07, 6.45) is -2.01. The van der Waals surface area contributed by atoms with Gasteiger partial charge < -0.3 is 10.2 Å². The van der Waals surface area contributed by atoms with E-state index in [-0.39, 0.29) is 16.1 Å². The minimum absolute atomic E-state index is 0.0860. The van der Waals surface area contributed by atoms with Crippen LogP contribution >= 0.6 is 0 Å². The van der Waals surface area contributed by atoms with Crippen molar-refractivity contribution in [3.05, 3.63) is 54.1 Å². The lowest BCUT2D eigenvalue weighted by atomic mass is 10.2. The van der Waals surface area contributed by atoms with Crippen LogP contribution in [-0.2, 0) is 24.6 Å². The molecular weight excluding hydrogens is 506 g/mol. The van der Waals surface area contributed by atoms with Crippen LogP contribution in [-0.4, -0.2) is 68.7 Å². The van der Waals surface area contributed by atoms with Crippen molar-refractivity contribution in [1.82, 2.24) is 4.72 Å². The Bertz CT molecular complexity index is 1340. The summed E-state index contributed by atoms with van der Waals surface area (Å²) in [4.78, 5) is 10.9. The van der Waals surface area contributed by atoms with Gasteiger partial charge in [-0.25, -0.2) is 27.1 Å². The third-order valence-corrected chi connectivity index (χ3v) is 6.61. The molecule has 0 aliphatic carbocycles. The van der Waals surface area contributed by atoms with Gasteiger partial charge in [-0.3, -0.25) is 4.55 Å². The molecule has 1 aliphatic heterocycles. The summed E-state index contributed by atoms with van der Waals surface area (Å²) in [5, 5.41) is 33.3. The van der Waals surface area contributed by atoms with Crippen LogP contribution < -0.4 is 9.73 Å². The second-order valence-electron chi connectivity index (χ2n) is 7.15. The Balaban J connectivity index is 1.69. The van der Waals surface area contributed by atoms with Gasteiger partial charge in [-0.05, 0) is 55.5 Å². The van der Waals surface area contributed by atoms with Gasteiger partial charge in [0.15, 0.2) is 6.17 Å². The van der Waals surface area contributed by atoms with Crippen LogP contribution in [0.5, 0.6) is 0 Å². The summed E-state index contributed by atoms with van der Waals surface area (Å²) in [6.45, 7) is 0.614. The molecule has 2 aromatic rings. The van der Waals surface area contributed by atoms with Gasteiger partial charge in [-0.15, -0.1) is 0 Å². The van der Waals surface area contributed by atoms with Gasteiger partial charge in [0.2, 0.25) is 10.0 Å². The number of aliphatic hydroxyl groups excluding tert-OH is 1. The zero-order chi connectivity index (χ0) is 25.8. The van der Waals surface area contributed by atoms with E-state index in [1.807, 2.05) is 0 Å². The van der Waals surface area contributed by atoms with Gasteiger partial charge in [0, 0.05) is 6.54 Å². The van der Waals surface area contributed by atoms with Gasteiger partial charge in [0.05, 0.1) is 34.2 Å². The molecule has 0 bridgehead atoms. The van der Waals surface area contributed by atoms with E-state index in [1.54, 1.807) is 6.92 Å². The van der Waals surface area contributed by atoms with Gasteiger partial charge >= 0.3 is 16.4 Å². The second kappa shape index (κ2) is 10.5. The molecule has 35 heavy (non-hydrogen) atoms. The largest absolute Gasteiger partial charge is 0.478 e. The Kier molecular flexibility index (Phi) is 7.93. The highest BCUT2D eigenvalue weighted by Crippen LogP contribution is 2.27. The fourth-order valence-corrected chi connectivity index (χ4v) is 4.25. The number of hydrogen-bond acceptors (Lipinski definition) is 11. The number of sulfonamides is 1. The topological polar surface area (TPSA) is 208 Å². The predicted molar refractivity (Wildman–Crippen MR) is 122 cm³/mol. The molecule has 1 heterocycles. The van der Waals surface area contributed by atoms with E-state index in [2.05, 4.69) is 24.2 Å². The van der Waals surface area contributed by atoms with Crippen molar-refractivity contribution in [3.8, 4) is 0 Å². The van der Waals surface area contributed by atoms with Crippen molar-refractivity contribution >= 4 is 43.5 Å². The summed E-state index contributed by atoms with van der Waals surface area (Å²) in [5.74, 6) is -1.08. The van der Waals surface area contributed by atoms with E-state index in [1.165, 1.54) is 53.5 Å². The molecule has 2 unspecified atom stereocenters. The van der Waals surface area contributed by atoms with Gasteiger partial charge in [-0.1, -0.05) is 0 Å². The van der Waals surface area contributed by atoms with Crippen molar-refractivity contribution in [1.29, 1.82) is 0 Å². The first-order chi connectivity index (χ1) is 16.4. The van der Waals surface area contributed by atoms with Crippen LogP contribution in [0.25, 0.3) is 0 Å². The van der Waals surface area contributed by atoms with E-state index in [0.29, 0.717) is 11.4 Å². The number of benzene rings is 2. The molecule has 0 saturated heterocycles. The standard InChI is InChI=1S/C19H21N5O9S2/c1-12-17(25)18(24(23-12)15-6-2-13(3-7-15)19(26)27)22-21-14-4-8-16(9-5-14)34(28,29)20-10-11-33-35(30,31)32/h2-9,17-18,20,25H,10-11H2,1H3,(H,26,27)(H,30,31,32). The van der Waals surface area contributed by atoms with Crippen LogP contribution in [0.1, 0.15) is 17.3 Å². The SMILES string of the molecule is CC1=NN(c2ccc(C(=O)O)cc2)C(N=Nc2ccc(S(=O)(=O)NCCOS(=O)(=O)O)cc2)C1O. The highest BCUT2D eigenvalue weighted by molar-refractivity contribution is 7.89. The molecular formula is C19H21N5O9S2. The molecule has 0 amide bonds. The van der Waals surface area contributed by atoms with E-state index in [0.717, 1.165) is 0 Å². The third-order valence-electron chi connectivity index (χ3n) is 4.67. The molecule has 2 atom stereocenters. The first kappa shape index (κ1) is 26.3. The van der Waals surface area contributed by atoms with Crippen LogP contribution in [0.2, 0.25) is 0 Å². The average Bonchev–Trinajstić information content (AvgIpc) is 3.08. The second-order valence-corrected chi connectivity index (χ2v) is 10.0. The molecule has 0 radical (unpaired) electrons. The van der Waals surface area contributed by atoms with Crippen LogP contribution in [0.4, 0.5) is 11.4 Å². The van der Waals surface area contributed by atoms with E-state index >= 15 is 0 Å². The van der Waals surface area contributed by atoms with Crippen molar-refractivity contribution in [3.63, 3.8) is 0 Å². The van der Waals surface area contributed by atoms with Gasteiger partial charge in [-0.2, -0.15) is 23.7 Å². The Labute approximate surface area is 200 Å². The normalized spacial score (nSPS) is 18.7. The summed E-state index contributed by atoms with van der Waals surface area (Å²) in [6, 6.07) is 11.1. The number of carboxylic acid groups (broad SMARTS) is 1. The molecule has 0 saturated carbocycles. The summed E-state index contributed by atoms with van der Waals surface area (Å²) < 4.78 is 60.1. The molecule has 1 aliphatic rings. The molecule has 0 aromatic heterocycles. The number of hydrogen-bond donors (Lipinski definition) is 4. The molecule has 0 spiro atoms. The highest BCUT2D eigenvalue weighted by Gasteiger charge is 2.35. The van der Waals surface area contributed by atoms with Crippen LogP contribution in [0.15, 0.2) is 68.8 Å². The summed E-state index contributed by atoms with van der Waals surface area (Å²) in [5.41, 5.74) is 1.22. The average molecular weight is 528 g/mol. The fourth-order valence-electron chi connectivity index (χ4n) is 2.94. The lowest BCUT2D eigenvalue weighted by molar-refractivity contribution is 0.0696. The summed E-state index contributed by atoms with van der Waals surface area (Å²) >= 11 is 0. The molecule has 0 fully saturated rings. The first-order valence-corrected chi connectivity index (χ1v) is 12.7. The first-order valence-electron chi connectivity index (χ1n) is 9.85. The van der Waals surface area contributed by atoms with E-state index < -0.39 is 51.8 Å². The number of carbonyl (C=O) groups is 1. The molecule has 3 rings (SSSR count).